The minimum absolute atomic E-state index is 0.182. The van der Waals surface area contributed by atoms with Crippen molar-refractivity contribution in [3.8, 4) is 0 Å². The Morgan fingerprint density at radius 2 is 1.69 bits per heavy atom. The van der Waals surface area contributed by atoms with Gasteiger partial charge in [-0.05, 0) is 13.0 Å². The Morgan fingerprint density at radius 3 is 2.00 bits per heavy atom. The van der Waals surface area contributed by atoms with E-state index >= 15 is 0 Å². The van der Waals surface area contributed by atoms with Crippen LogP contribution in [0, 0.1) is 0 Å². The molecule has 0 aromatic heterocycles. The molecular formula is C12H21NO3. The second-order valence-corrected chi connectivity index (χ2v) is 2.60. The van der Waals surface area contributed by atoms with E-state index in [2.05, 4.69) is 6.58 Å². The quantitative estimate of drug-likeness (QED) is 0.444. The summed E-state index contributed by atoms with van der Waals surface area (Å²) in [6, 6.07) is 0. The lowest BCUT2D eigenvalue weighted by Gasteiger charge is -2.03. The van der Waals surface area contributed by atoms with Gasteiger partial charge in [0.25, 0.3) is 0 Å². The second kappa shape index (κ2) is 9.83. The number of methoxy groups -OCH3 is 2. The van der Waals surface area contributed by atoms with Gasteiger partial charge in [-0.2, -0.15) is 0 Å². The van der Waals surface area contributed by atoms with Crippen LogP contribution in [0.4, 0.5) is 0 Å². The van der Waals surface area contributed by atoms with E-state index in [1.54, 1.807) is 20.1 Å². The van der Waals surface area contributed by atoms with E-state index in [9.17, 15) is 4.79 Å². The number of carbonyl (C=O) groups is 1. The molecule has 0 saturated heterocycles. The highest BCUT2D eigenvalue weighted by molar-refractivity contribution is 5.94. The maximum atomic E-state index is 10.7. The van der Waals surface area contributed by atoms with Crippen LogP contribution in [0.3, 0.4) is 0 Å². The van der Waals surface area contributed by atoms with E-state index in [0.717, 1.165) is 0 Å². The highest BCUT2D eigenvalue weighted by Crippen LogP contribution is 2.06. The summed E-state index contributed by atoms with van der Waals surface area (Å²) < 4.78 is 9.90. The van der Waals surface area contributed by atoms with Gasteiger partial charge in [0, 0.05) is 11.6 Å². The first-order chi connectivity index (χ1) is 7.51. The van der Waals surface area contributed by atoms with Crippen molar-refractivity contribution in [1.82, 2.24) is 0 Å². The van der Waals surface area contributed by atoms with Crippen LogP contribution in [-0.4, -0.2) is 20.1 Å². The van der Waals surface area contributed by atoms with Gasteiger partial charge in [0.2, 0.25) is 5.91 Å². The number of nitrogens with two attached hydrogens (primary N) is 1. The standard InChI is InChI=1S/C10H15NO3.C2H6/c1-7(10(11)12)5-9(14-4)6-8(2)13-3;1-2/h5-6H,1H2,2-4H3,(H2,11,12);1-2H3/b8-6+,9-5+;. The van der Waals surface area contributed by atoms with Crippen LogP contribution in [0.25, 0.3) is 0 Å². The number of hydrogen-bond donors (Lipinski definition) is 1. The zero-order valence-electron chi connectivity index (χ0n) is 10.7. The summed E-state index contributed by atoms with van der Waals surface area (Å²) in [5.74, 6) is 0.548. The SMILES string of the molecule is C=C(/C=C(\C=C(/C)OC)OC)C(N)=O.CC. The number of allylic oxidation sites excluding steroid dienone is 2. The Labute approximate surface area is 97.4 Å². The molecule has 0 unspecified atom stereocenters. The first kappa shape index (κ1) is 16.7. The first-order valence-electron chi connectivity index (χ1n) is 4.98. The summed E-state index contributed by atoms with van der Waals surface area (Å²) in [5, 5.41) is 0. The zero-order valence-corrected chi connectivity index (χ0v) is 10.7. The van der Waals surface area contributed by atoms with Gasteiger partial charge in [0.15, 0.2) is 0 Å². The van der Waals surface area contributed by atoms with E-state index in [1.165, 1.54) is 13.2 Å². The molecule has 0 fully saturated rings. The molecule has 0 aliphatic carbocycles. The highest BCUT2D eigenvalue weighted by atomic mass is 16.5. The maximum Gasteiger partial charge on any atom is 0.248 e. The highest BCUT2D eigenvalue weighted by Gasteiger charge is 2.00. The normalized spacial score (nSPS) is 11.1. The molecular weight excluding hydrogens is 206 g/mol. The van der Waals surface area contributed by atoms with Crippen molar-refractivity contribution in [3.63, 3.8) is 0 Å². The molecule has 0 aliphatic heterocycles. The zero-order chi connectivity index (χ0) is 13.1. The Bertz CT molecular complexity index is 291. The molecule has 0 atom stereocenters. The average Bonchev–Trinajstić information content (AvgIpc) is 2.30. The van der Waals surface area contributed by atoms with E-state index in [4.69, 9.17) is 15.2 Å². The molecule has 2 N–H and O–H groups in total. The van der Waals surface area contributed by atoms with Crippen molar-refractivity contribution in [2.24, 2.45) is 5.73 Å². The molecule has 0 radical (unpaired) electrons. The number of hydrogen-bond acceptors (Lipinski definition) is 3. The van der Waals surface area contributed by atoms with Crippen LogP contribution in [0.2, 0.25) is 0 Å². The average molecular weight is 227 g/mol. The number of primary amides is 1. The molecule has 1 amide bonds. The molecule has 0 bridgehead atoms. The van der Waals surface area contributed by atoms with Crippen molar-refractivity contribution in [2.45, 2.75) is 20.8 Å². The molecule has 0 aromatic rings. The van der Waals surface area contributed by atoms with Gasteiger partial charge in [0.05, 0.1) is 20.0 Å². The fraction of sp³-hybridized carbons (Fsp3) is 0.417. The third kappa shape index (κ3) is 7.67. The third-order valence-electron chi connectivity index (χ3n) is 1.54. The van der Waals surface area contributed by atoms with Crippen LogP contribution in [0.5, 0.6) is 0 Å². The van der Waals surface area contributed by atoms with Crippen LogP contribution in [-0.2, 0) is 14.3 Å². The second-order valence-electron chi connectivity index (χ2n) is 2.60. The Morgan fingerprint density at radius 1 is 1.19 bits per heavy atom. The molecule has 92 valence electrons. The lowest BCUT2D eigenvalue weighted by atomic mass is 10.2. The summed E-state index contributed by atoms with van der Waals surface area (Å²) in [6.45, 7) is 9.24. The molecule has 4 heteroatoms. The first-order valence-corrected chi connectivity index (χ1v) is 4.98. The fourth-order valence-corrected chi connectivity index (χ4v) is 0.662. The minimum Gasteiger partial charge on any atom is -0.501 e. The molecule has 0 rings (SSSR count). The minimum atomic E-state index is -0.581. The van der Waals surface area contributed by atoms with Gasteiger partial charge in [-0.3, -0.25) is 4.79 Å². The summed E-state index contributed by atoms with van der Waals surface area (Å²) in [5.41, 5.74) is 5.19. The monoisotopic (exact) mass is 227 g/mol. The third-order valence-corrected chi connectivity index (χ3v) is 1.54. The van der Waals surface area contributed by atoms with Crippen molar-refractivity contribution in [3.05, 3.63) is 35.8 Å². The lowest BCUT2D eigenvalue weighted by Crippen LogP contribution is -2.11. The van der Waals surface area contributed by atoms with Gasteiger partial charge < -0.3 is 15.2 Å². The Hall–Kier alpha value is -1.71. The fourth-order valence-electron chi connectivity index (χ4n) is 0.662. The van der Waals surface area contributed by atoms with Gasteiger partial charge in [-0.15, -0.1) is 0 Å². The predicted molar refractivity (Wildman–Crippen MR) is 65.5 cm³/mol. The van der Waals surface area contributed by atoms with Gasteiger partial charge in [-0.25, -0.2) is 0 Å². The molecule has 0 spiro atoms. The molecule has 0 heterocycles. The van der Waals surface area contributed by atoms with E-state index in [0.29, 0.717) is 11.5 Å². The molecule has 4 nitrogen and oxygen atoms in total. The van der Waals surface area contributed by atoms with Gasteiger partial charge in [0.1, 0.15) is 5.76 Å². The molecule has 0 saturated carbocycles. The summed E-state index contributed by atoms with van der Waals surface area (Å²) in [7, 11) is 3.03. The van der Waals surface area contributed by atoms with E-state index < -0.39 is 5.91 Å². The van der Waals surface area contributed by atoms with Crippen molar-refractivity contribution in [1.29, 1.82) is 0 Å². The summed E-state index contributed by atoms with van der Waals surface area (Å²) in [6.07, 6.45) is 3.08. The van der Waals surface area contributed by atoms with Crippen LogP contribution in [0.1, 0.15) is 20.8 Å². The topological polar surface area (TPSA) is 61.6 Å². The lowest BCUT2D eigenvalue weighted by molar-refractivity contribution is -0.114. The summed E-state index contributed by atoms with van der Waals surface area (Å²) in [4.78, 5) is 10.7. The Balaban J connectivity index is 0. The van der Waals surface area contributed by atoms with Crippen LogP contribution >= 0.6 is 0 Å². The number of ether oxygens (including phenoxy) is 2. The molecule has 0 aliphatic rings. The van der Waals surface area contributed by atoms with E-state index in [-0.39, 0.29) is 5.57 Å². The van der Waals surface area contributed by atoms with Crippen molar-refractivity contribution < 1.29 is 14.3 Å². The smallest absolute Gasteiger partial charge is 0.248 e. The van der Waals surface area contributed by atoms with Gasteiger partial charge >= 0.3 is 0 Å². The molecule has 16 heavy (non-hydrogen) atoms. The Kier molecular flexibility index (Phi) is 10.3. The molecule has 0 aromatic carbocycles. The number of amides is 1. The predicted octanol–water partition coefficient (Wildman–Crippen LogP) is 2.13. The summed E-state index contributed by atoms with van der Waals surface area (Å²) >= 11 is 0. The van der Waals surface area contributed by atoms with Crippen molar-refractivity contribution in [2.75, 3.05) is 14.2 Å². The van der Waals surface area contributed by atoms with Crippen LogP contribution in [0.15, 0.2) is 35.8 Å². The largest absolute Gasteiger partial charge is 0.501 e. The maximum absolute atomic E-state index is 10.7. The number of carbonyl (C=O) groups excluding carboxylic acids is 1. The van der Waals surface area contributed by atoms with Crippen LogP contribution < -0.4 is 5.73 Å². The van der Waals surface area contributed by atoms with Gasteiger partial charge in [-0.1, -0.05) is 20.4 Å². The van der Waals surface area contributed by atoms with E-state index in [1.807, 2.05) is 13.8 Å². The van der Waals surface area contributed by atoms with Crippen molar-refractivity contribution >= 4 is 5.91 Å². The number of rotatable bonds is 5.